The molecule has 0 aliphatic carbocycles. The summed E-state index contributed by atoms with van der Waals surface area (Å²) in [6, 6.07) is 14.0. The van der Waals surface area contributed by atoms with Gasteiger partial charge in [0.1, 0.15) is 23.3 Å². The Balaban J connectivity index is 1.62. The largest absolute Gasteiger partial charge is 0.497 e. The molecule has 1 saturated heterocycles. The lowest BCUT2D eigenvalue weighted by molar-refractivity contribution is -0.144. The number of carbonyl (C=O) groups is 3. The summed E-state index contributed by atoms with van der Waals surface area (Å²) in [4.78, 5) is 54.3. The Kier molecular flexibility index (Phi) is 6.82. The maximum absolute atomic E-state index is 13.9. The van der Waals surface area contributed by atoms with Gasteiger partial charge in [-0.2, -0.15) is 0 Å². The number of benzene rings is 2. The molecule has 2 aliphatic rings. The maximum atomic E-state index is 13.9. The van der Waals surface area contributed by atoms with Crippen LogP contribution in [0, 0.1) is 5.92 Å². The molecular formula is C26H24N2O7S2. The molecule has 1 aromatic heterocycles. The number of carbonyl (C=O) groups excluding carboxylic acids is 3. The van der Waals surface area contributed by atoms with E-state index in [4.69, 9.17) is 14.2 Å². The first-order valence-corrected chi connectivity index (χ1v) is 13.3. The number of hydrogen-bond acceptors (Lipinski definition) is 9. The number of esters is 1. The van der Waals surface area contributed by atoms with Gasteiger partial charge in [0.15, 0.2) is 0 Å². The van der Waals surface area contributed by atoms with Gasteiger partial charge in [0.05, 0.1) is 37.5 Å². The second-order valence-corrected chi connectivity index (χ2v) is 10.6. The maximum Gasteiger partial charge on any atom is 0.326 e. The number of methoxy groups -OCH3 is 2. The number of thiazole rings is 1. The molecule has 0 radical (unpaired) electrons. The molecule has 0 saturated carbocycles. The summed E-state index contributed by atoms with van der Waals surface area (Å²) in [7, 11) is 3.10. The fourth-order valence-corrected chi connectivity index (χ4v) is 7.52. The first-order valence-electron chi connectivity index (χ1n) is 11.6. The van der Waals surface area contributed by atoms with Gasteiger partial charge < -0.3 is 14.2 Å². The van der Waals surface area contributed by atoms with Crippen molar-refractivity contribution in [2.75, 3.05) is 25.7 Å². The zero-order chi connectivity index (χ0) is 26.3. The van der Waals surface area contributed by atoms with Crippen LogP contribution in [0.1, 0.15) is 23.3 Å². The van der Waals surface area contributed by atoms with Crippen LogP contribution in [0.2, 0.25) is 0 Å². The third-order valence-corrected chi connectivity index (χ3v) is 9.05. The van der Waals surface area contributed by atoms with Crippen molar-refractivity contribution in [3.05, 3.63) is 68.6 Å². The van der Waals surface area contributed by atoms with E-state index in [1.165, 1.54) is 9.47 Å². The highest BCUT2D eigenvalue weighted by molar-refractivity contribution is 8.00. The minimum absolute atomic E-state index is 0.191. The Morgan fingerprint density at radius 3 is 2.14 bits per heavy atom. The Bertz CT molecular complexity index is 1410. The number of rotatable bonds is 7. The van der Waals surface area contributed by atoms with Crippen molar-refractivity contribution in [2.24, 2.45) is 5.92 Å². The van der Waals surface area contributed by atoms with Gasteiger partial charge in [0.2, 0.25) is 11.8 Å². The fraction of sp³-hybridized carbons (Fsp3) is 0.308. The van der Waals surface area contributed by atoms with Crippen molar-refractivity contribution >= 4 is 46.6 Å². The van der Waals surface area contributed by atoms with E-state index in [1.54, 1.807) is 57.5 Å². The Morgan fingerprint density at radius 1 is 0.919 bits per heavy atom. The van der Waals surface area contributed by atoms with Crippen LogP contribution in [0.4, 0.5) is 5.69 Å². The fourth-order valence-electron chi connectivity index (χ4n) is 4.75. The molecule has 9 nitrogen and oxygen atoms in total. The highest BCUT2D eigenvalue weighted by atomic mass is 32.2. The normalized spacial score (nSPS) is 20.4. The van der Waals surface area contributed by atoms with Crippen LogP contribution >= 0.6 is 23.1 Å². The van der Waals surface area contributed by atoms with Crippen LogP contribution in [-0.2, 0) is 25.7 Å². The summed E-state index contributed by atoms with van der Waals surface area (Å²) in [5.41, 5.74) is 1.23. The number of anilines is 1. The Labute approximate surface area is 220 Å². The quantitative estimate of drug-likeness (QED) is 0.332. The van der Waals surface area contributed by atoms with E-state index in [0.717, 1.165) is 28.7 Å². The zero-order valence-electron chi connectivity index (χ0n) is 20.3. The van der Waals surface area contributed by atoms with Crippen molar-refractivity contribution in [1.82, 2.24) is 4.57 Å². The lowest BCUT2D eigenvalue weighted by atomic mass is 9.83. The van der Waals surface area contributed by atoms with Crippen LogP contribution in [0.5, 0.6) is 11.5 Å². The first kappa shape index (κ1) is 25.1. The van der Waals surface area contributed by atoms with Crippen molar-refractivity contribution in [3.8, 4) is 11.5 Å². The highest BCUT2D eigenvalue weighted by Gasteiger charge is 2.56. The van der Waals surface area contributed by atoms with Crippen molar-refractivity contribution in [3.63, 3.8) is 0 Å². The standard InChI is InChI=1S/C26H24N2O7S2/c1-4-35-18(29)13-27-25-22(37-26(27)32)19(14-5-9-16(33-2)10-6-14)20-21(36-25)24(31)28(23(20)30)15-7-11-17(34-3)12-8-15/h5-12,19-21H,4,13H2,1-3H3/t19-,20?,21?/m1/s1. The smallest absolute Gasteiger partial charge is 0.326 e. The van der Waals surface area contributed by atoms with Crippen LogP contribution in [0.15, 0.2) is 58.4 Å². The monoisotopic (exact) mass is 540 g/mol. The number of nitrogens with zero attached hydrogens (tertiary/aromatic N) is 2. The molecule has 0 bridgehead atoms. The number of imide groups is 1. The number of ether oxygens (including phenoxy) is 3. The van der Waals surface area contributed by atoms with Crippen LogP contribution in [-0.4, -0.2) is 48.4 Å². The number of amides is 2. The molecule has 3 aromatic rings. The van der Waals surface area contributed by atoms with E-state index < -0.39 is 23.1 Å². The van der Waals surface area contributed by atoms with Gasteiger partial charge >= 0.3 is 10.8 Å². The van der Waals surface area contributed by atoms with Crippen molar-refractivity contribution < 1.29 is 28.6 Å². The first-order chi connectivity index (χ1) is 17.9. The summed E-state index contributed by atoms with van der Waals surface area (Å²) in [6.45, 7) is 1.62. The lowest BCUT2D eigenvalue weighted by Gasteiger charge is -2.30. The molecule has 5 rings (SSSR count). The molecule has 37 heavy (non-hydrogen) atoms. The molecule has 1 fully saturated rings. The summed E-state index contributed by atoms with van der Waals surface area (Å²) < 4.78 is 16.9. The zero-order valence-corrected chi connectivity index (χ0v) is 22.0. The summed E-state index contributed by atoms with van der Waals surface area (Å²) in [6.07, 6.45) is 0. The second kappa shape index (κ2) is 10.1. The Morgan fingerprint density at radius 2 is 1.54 bits per heavy atom. The predicted molar refractivity (Wildman–Crippen MR) is 139 cm³/mol. The molecule has 2 aliphatic heterocycles. The average Bonchev–Trinajstić information content (AvgIpc) is 3.35. The van der Waals surface area contributed by atoms with Gasteiger partial charge in [-0.1, -0.05) is 35.2 Å². The predicted octanol–water partition coefficient (Wildman–Crippen LogP) is 3.29. The summed E-state index contributed by atoms with van der Waals surface area (Å²) >= 11 is 2.16. The molecule has 3 atom stereocenters. The molecule has 0 spiro atoms. The SMILES string of the molecule is CCOC(=O)Cn1c2c(sc1=O)[C@H](c1ccc(OC)cc1)C1C(=O)N(c3ccc(OC)cc3)C(=O)C1S2. The molecule has 3 heterocycles. The lowest BCUT2D eigenvalue weighted by Crippen LogP contribution is -2.32. The van der Waals surface area contributed by atoms with E-state index in [0.29, 0.717) is 27.1 Å². The van der Waals surface area contributed by atoms with E-state index in [2.05, 4.69) is 0 Å². The Hall–Kier alpha value is -3.57. The molecule has 2 aromatic carbocycles. The number of thioether (sulfide) groups is 1. The summed E-state index contributed by atoms with van der Waals surface area (Å²) in [5, 5.41) is -0.250. The molecule has 11 heteroatoms. The van der Waals surface area contributed by atoms with Crippen molar-refractivity contribution in [1.29, 1.82) is 0 Å². The van der Waals surface area contributed by atoms with Gasteiger partial charge in [-0.05, 0) is 48.9 Å². The van der Waals surface area contributed by atoms with E-state index in [-0.39, 0.29) is 29.8 Å². The van der Waals surface area contributed by atoms with Gasteiger partial charge in [-0.25, -0.2) is 4.90 Å². The minimum Gasteiger partial charge on any atom is -0.497 e. The van der Waals surface area contributed by atoms with Crippen molar-refractivity contribution in [2.45, 2.75) is 29.7 Å². The number of hydrogen-bond donors (Lipinski definition) is 0. The van der Waals surface area contributed by atoms with Gasteiger partial charge in [0.25, 0.3) is 0 Å². The molecule has 0 N–H and O–H groups in total. The number of aromatic nitrogens is 1. The second-order valence-electron chi connectivity index (χ2n) is 8.45. The molecule has 192 valence electrons. The average molecular weight is 541 g/mol. The van der Waals surface area contributed by atoms with Gasteiger partial charge in [0, 0.05) is 10.8 Å². The molecular weight excluding hydrogens is 516 g/mol. The van der Waals surface area contributed by atoms with E-state index >= 15 is 0 Å². The van der Waals surface area contributed by atoms with Crippen LogP contribution in [0.25, 0.3) is 0 Å². The third-order valence-electron chi connectivity index (χ3n) is 6.45. The minimum atomic E-state index is -0.767. The molecule has 2 unspecified atom stereocenters. The van der Waals surface area contributed by atoms with E-state index in [1.807, 2.05) is 12.1 Å². The number of fused-ring (bicyclic) bond motifs is 2. The van der Waals surface area contributed by atoms with Gasteiger partial charge in [-0.15, -0.1) is 0 Å². The van der Waals surface area contributed by atoms with Gasteiger partial charge in [-0.3, -0.25) is 23.7 Å². The third kappa shape index (κ3) is 4.31. The highest BCUT2D eigenvalue weighted by Crippen LogP contribution is 2.54. The van der Waals surface area contributed by atoms with Crippen LogP contribution < -0.4 is 19.2 Å². The molecule has 2 amide bonds. The topological polar surface area (TPSA) is 104 Å². The summed E-state index contributed by atoms with van der Waals surface area (Å²) in [5.74, 6) is -1.26. The van der Waals surface area contributed by atoms with Crippen LogP contribution in [0.3, 0.4) is 0 Å². The van der Waals surface area contributed by atoms with E-state index in [9.17, 15) is 19.2 Å².